The van der Waals surface area contributed by atoms with E-state index in [9.17, 15) is 19.5 Å². The van der Waals surface area contributed by atoms with Gasteiger partial charge in [-0.05, 0) is 24.1 Å². The second-order valence-electron chi connectivity index (χ2n) is 7.27. The molecule has 3 amide bonds. The minimum absolute atomic E-state index is 0.0777. The van der Waals surface area contributed by atoms with E-state index in [2.05, 4.69) is 0 Å². The van der Waals surface area contributed by atoms with Crippen molar-refractivity contribution >= 4 is 41.1 Å². The fourth-order valence-electron chi connectivity index (χ4n) is 3.92. The van der Waals surface area contributed by atoms with Crippen LogP contribution in [0.15, 0.2) is 18.2 Å². The minimum Gasteiger partial charge on any atom is -0.465 e. The van der Waals surface area contributed by atoms with Gasteiger partial charge in [0.1, 0.15) is 0 Å². The highest BCUT2D eigenvalue weighted by Gasteiger charge is 2.40. The standard InChI is InChI=1S/C19H23Cl2N3O4/c1-22(19(27)28)16-11-24(18(26)6-8-23-7-2-3-17(23)25)10-13(16)12-4-5-14(20)15(21)9-12/h4-5,9,13,16H,2-3,6-8,10-11H2,1H3,(H,27,28)/t13-,16+/m1/s1. The molecular formula is C19H23Cl2N3O4. The third kappa shape index (κ3) is 4.36. The maximum Gasteiger partial charge on any atom is 0.407 e. The van der Waals surface area contributed by atoms with Gasteiger partial charge in [0.25, 0.3) is 0 Å². The zero-order chi connectivity index (χ0) is 20.4. The monoisotopic (exact) mass is 427 g/mol. The van der Waals surface area contributed by atoms with Crippen molar-refractivity contribution in [3.05, 3.63) is 33.8 Å². The van der Waals surface area contributed by atoms with Crippen molar-refractivity contribution in [1.29, 1.82) is 0 Å². The van der Waals surface area contributed by atoms with E-state index in [0.717, 1.165) is 12.0 Å². The first kappa shape index (κ1) is 20.7. The average molecular weight is 428 g/mol. The number of carboxylic acid groups (broad SMARTS) is 1. The van der Waals surface area contributed by atoms with E-state index in [1.165, 1.54) is 11.9 Å². The first-order valence-electron chi connectivity index (χ1n) is 9.24. The average Bonchev–Trinajstić information content (AvgIpc) is 3.27. The molecule has 2 saturated heterocycles. The van der Waals surface area contributed by atoms with Gasteiger partial charge < -0.3 is 19.8 Å². The number of halogens is 2. The van der Waals surface area contributed by atoms with E-state index in [1.54, 1.807) is 21.9 Å². The van der Waals surface area contributed by atoms with Crippen LogP contribution in [-0.2, 0) is 9.59 Å². The Kier molecular flexibility index (Phi) is 6.35. The van der Waals surface area contributed by atoms with E-state index >= 15 is 0 Å². The summed E-state index contributed by atoms with van der Waals surface area (Å²) in [6.07, 6.45) is 0.570. The molecule has 0 aliphatic carbocycles. The van der Waals surface area contributed by atoms with Gasteiger partial charge in [0.15, 0.2) is 0 Å². The normalized spacial score (nSPS) is 22.0. The van der Waals surface area contributed by atoms with E-state index in [0.29, 0.717) is 42.6 Å². The van der Waals surface area contributed by atoms with Gasteiger partial charge in [0.05, 0.1) is 16.1 Å². The number of rotatable bonds is 5. The summed E-state index contributed by atoms with van der Waals surface area (Å²) in [5, 5.41) is 10.3. The molecule has 7 nitrogen and oxygen atoms in total. The Balaban J connectivity index is 1.73. The Bertz CT molecular complexity index is 788. The number of benzene rings is 1. The third-order valence-corrected chi connectivity index (χ3v) is 6.32. The summed E-state index contributed by atoms with van der Waals surface area (Å²) in [4.78, 5) is 40.6. The maximum atomic E-state index is 12.7. The molecule has 1 aromatic carbocycles. The molecule has 152 valence electrons. The van der Waals surface area contributed by atoms with Gasteiger partial charge in [-0.1, -0.05) is 29.3 Å². The number of carbonyl (C=O) groups excluding carboxylic acids is 2. The van der Waals surface area contributed by atoms with Crippen LogP contribution in [0.25, 0.3) is 0 Å². The Morgan fingerprint density at radius 3 is 2.61 bits per heavy atom. The van der Waals surface area contributed by atoms with E-state index < -0.39 is 6.09 Å². The molecule has 2 aliphatic heterocycles. The molecule has 1 aromatic rings. The summed E-state index contributed by atoms with van der Waals surface area (Å²) in [6, 6.07) is 4.85. The fraction of sp³-hybridized carbons (Fsp3) is 0.526. The molecule has 9 heteroatoms. The van der Waals surface area contributed by atoms with Crippen LogP contribution in [0, 0.1) is 0 Å². The van der Waals surface area contributed by atoms with Crippen molar-refractivity contribution in [3.8, 4) is 0 Å². The summed E-state index contributed by atoms with van der Waals surface area (Å²) in [5.41, 5.74) is 0.845. The topological polar surface area (TPSA) is 81.2 Å². The minimum atomic E-state index is -1.05. The summed E-state index contributed by atoms with van der Waals surface area (Å²) in [6.45, 7) is 1.81. The van der Waals surface area contributed by atoms with E-state index in [4.69, 9.17) is 23.2 Å². The summed E-state index contributed by atoms with van der Waals surface area (Å²) in [7, 11) is 1.51. The quantitative estimate of drug-likeness (QED) is 0.782. The van der Waals surface area contributed by atoms with Crippen LogP contribution >= 0.6 is 23.2 Å². The smallest absolute Gasteiger partial charge is 0.407 e. The van der Waals surface area contributed by atoms with Crippen molar-refractivity contribution in [1.82, 2.24) is 14.7 Å². The van der Waals surface area contributed by atoms with Gasteiger partial charge in [-0.15, -0.1) is 0 Å². The highest BCUT2D eigenvalue weighted by atomic mass is 35.5. The second-order valence-corrected chi connectivity index (χ2v) is 8.09. The van der Waals surface area contributed by atoms with Crippen molar-refractivity contribution in [3.63, 3.8) is 0 Å². The number of carbonyl (C=O) groups is 3. The zero-order valence-electron chi connectivity index (χ0n) is 15.6. The van der Waals surface area contributed by atoms with Crippen LogP contribution < -0.4 is 0 Å². The Morgan fingerprint density at radius 2 is 2.00 bits per heavy atom. The number of amides is 3. The summed E-state index contributed by atoms with van der Waals surface area (Å²) >= 11 is 12.1. The lowest BCUT2D eigenvalue weighted by atomic mass is 9.93. The Labute approximate surface area is 173 Å². The number of hydrogen-bond donors (Lipinski definition) is 1. The molecule has 2 aliphatic rings. The van der Waals surface area contributed by atoms with Crippen molar-refractivity contribution < 1.29 is 19.5 Å². The molecule has 2 heterocycles. The van der Waals surface area contributed by atoms with Crippen LogP contribution in [-0.4, -0.2) is 77.0 Å². The van der Waals surface area contributed by atoms with Crippen molar-refractivity contribution in [2.75, 3.05) is 33.2 Å². The predicted molar refractivity (Wildman–Crippen MR) is 106 cm³/mol. The highest BCUT2D eigenvalue weighted by Crippen LogP contribution is 2.34. The molecule has 0 aromatic heterocycles. The molecule has 1 N–H and O–H groups in total. The van der Waals surface area contributed by atoms with Crippen LogP contribution in [0.5, 0.6) is 0 Å². The number of hydrogen-bond acceptors (Lipinski definition) is 3. The highest BCUT2D eigenvalue weighted by molar-refractivity contribution is 6.42. The van der Waals surface area contributed by atoms with Gasteiger partial charge in [-0.2, -0.15) is 0 Å². The summed E-state index contributed by atoms with van der Waals surface area (Å²) < 4.78 is 0. The van der Waals surface area contributed by atoms with Crippen LogP contribution in [0.3, 0.4) is 0 Å². The lowest BCUT2D eigenvalue weighted by Gasteiger charge is -2.26. The third-order valence-electron chi connectivity index (χ3n) is 5.58. The molecule has 2 atom stereocenters. The molecule has 0 saturated carbocycles. The molecule has 28 heavy (non-hydrogen) atoms. The summed E-state index contributed by atoms with van der Waals surface area (Å²) in [5.74, 6) is -0.189. The van der Waals surface area contributed by atoms with Crippen LogP contribution in [0.2, 0.25) is 10.0 Å². The fourth-order valence-corrected chi connectivity index (χ4v) is 4.23. The molecule has 0 radical (unpaired) electrons. The lowest BCUT2D eigenvalue weighted by molar-refractivity contribution is -0.132. The molecule has 0 spiro atoms. The number of likely N-dealkylation sites (N-methyl/N-ethyl adjacent to an activating group) is 1. The largest absolute Gasteiger partial charge is 0.465 e. The molecule has 0 unspecified atom stereocenters. The zero-order valence-corrected chi connectivity index (χ0v) is 17.1. The van der Waals surface area contributed by atoms with Crippen LogP contribution in [0.1, 0.15) is 30.7 Å². The van der Waals surface area contributed by atoms with Gasteiger partial charge in [-0.3, -0.25) is 9.59 Å². The number of nitrogens with zero attached hydrogens (tertiary/aromatic N) is 3. The molecule has 0 bridgehead atoms. The Hall–Kier alpha value is -1.99. The Morgan fingerprint density at radius 1 is 1.25 bits per heavy atom. The van der Waals surface area contributed by atoms with Crippen molar-refractivity contribution in [2.45, 2.75) is 31.2 Å². The van der Waals surface area contributed by atoms with Gasteiger partial charge in [0, 0.05) is 52.0 Å². The SMILES string of the molecule is CN(C(=O)O)[C@H]1CN(C(=O)CCN2CCCC2=O)C[C@@H]1c1ccc(Cl)c(Cl)c1. The van der Waals surface area contributed by atoms with Gasteiger partial charge >= 0.3 is 6.09 Å². The first-order chi connectivity index (χ1) is 13.3. The van der Waals surface area contributed by atoms with Gasteiger partial charge in [0.2, 0.25) is 11.8 Å². The maximum absolute atomic E-state index is 12.7. The van der Waals surface area contributed by atoms with E-state index in [1.807, 2.05) is 6.07 Å². The second kappa shape index (κ2) is 8.57. The number of likely N-dealkylation sites (tertiary alicyclic amines) is 2. The molecule has 3 rings (SSSR count). The van der Waals surface area contributed by atoms with Crippen molar-refractivity contribution in [2.24, 2.45) is 0 Å². The lowest BCUT2D eigenvalue weighted by Crippen LogP contribution is -2.41. The van der Waals surface area contributed by atoms with Crippen LogP contribution in [0.4, 0.5) is 4.79 Å². The molecule has 2 fully saturated rings. The first-order valence-corrected chi connectivity index (χ1v) is 9.99. The predicted octanol–water partition coefficient (Wildman–Crippen LogP) is 2.91. The molecular weight excluding hydrogens is 405 g/mol. The van der Waals surface area contributed by atoms with Gasteiger partial charge in [-0.25, -0.2) is 4.79 Å². The van der Waals surface area contributed by atoms with E-state index in [-0.39, 0.29) is 30.2 Å².